The van der Waals surface area contributed by atoms with Crippen LogP contribution in [0.1, 0.15) is 36.9 Å². The van der Waals surface area contributed by atoms with Gasteiger partial charge in [0, 0.05) is 5.41 Å². The van der Waals surface area contributed by atoms with Gasteiger partial charge in [0.2, 0.25) is 0 Å². The summed E-state index contributed by atoms with van der Waals surface area (Å²) in [6.45, 7) is 0.307. The minimum atomic E-state index is -1.20. The van der Waals surface area contributed by atoms with E-state index >= 15 is 0 Å². The quantitative estimate of drug-likeness (QED) is 0.588. The summed E-state index contributed by atoms with van der Waals surface area (Å²) in [5, 5.41) is 14.1. The van der Waals surface area contributed by atoms with Crippen molar-refractivity contribution in [3.05, 3.63) is 60.0 Å². The second-order valence-corrected chi connectivity index (χ2v) is 8.37. The summed E-state index contributed by atoms with van der Waals surface area (Å²) in [5.41, 5.74) is 6.96. The first kappa shape index (κ1) is 20.3. The van der Waals surface area contributed by atoms with E-state index in [1.807, 2.05) is 18.2 Å². The van der Waals surface area contributed by atoms with Crippen LogP contribution >= 0.6 is 0 Å². The third-order valence-corrected chi connectivity index (χ3v) is 6.36. The van der Waals surface area contributed by atoms with Gasteiger partial charge in [0.25, 0.3) is 0 Å². The summed E-state index contributed by atoms with van der Waals surface area (Å²) >= 11 is 0. The minimum Gasteiger partial charge on any atom is -0.433 e. The molecule has 5 rings (SSSR count). The van der Waals surface area contributed by atoms with E-state index in [-0.39, 0.29) is 12.0 Å². The molecular weight excluding hydrogens is 410 g/mol. The first-order chi connectivity index (χ1) is 15.6. The highest BCUT2D eigenvalue weighted by Crippen LogP contribution is 2.48. The molecule has 2 fully saturated rings. The van der Waals surface area contributed by atoms with Crippen LogP contribution in [0.25, 0.3) is 5.52 Å². The molecule has 0 amide bonds. The molecule has 164 valence electrons. The average Bonchev–Trinajstić information content (AvgIpc) is 3.29. The summed E-state index contributed by atoms with van der Waals surface area (Å²) in [4.78, 5) is 16.1. The monoisotopic (exact) mass is 433 g/mol. The molecule has 9 nitrogen and oxygen atoms in total. The lowest BCUT2D eigenvalue weighted by molar-refractivity contribution is -0.0469. The van der Waals surface area contributed by atoms with E-state index in [1.165, 1.54) is 11.9 Å². The lowest BCUT2D eigenvalue weighted by Crippen LogP contribution is -2.29. The molecule has 1 saturated heterocycles. The molecule has 1 saturated carbocycles. The minimum absolute atomic E-state index is 0.0149. The number of carbonyl (C=O) groups is 1. The third-order valence-electron chi connectivity index (χ3n) is 6.36. The lowest BCUT2D eigenvalue weighted by atomic mass is 9.97. The molecule has 32 heavy (non-hydrogen) atoms. The van der Waals surface area contributed by atoms with Crippen molar-refractivity contribution in [1.29, 1.82) is 5.26 Å². The van der Waals surface area contributed by atoms with Gasteiger partial charge < -0.3 is 19.9 Å². The normalized spacial score (nSPS) is 23.5. The van der Waals surface area contributed by atoms with E-state index in [0.717, 1.165) is 12.8 Å². The largest absolute Gasteiger partial charge is 0.508 e. The fourth-order valence-electron chi connectivity index (χ4n) is 4.33. The summed E-state index contributed by atoms with van der Waals surface area (Å²) in [6, 6.07) is 15.8. The highest BCUT2D eigenvalue weighted by molar-refractivity contribution is 5.66. The zero-order chi connectivity index (χ0) is 22.2. The Bertz CT molecular complexity index is 1180. The highest BCUT2D eigenvalue weighted by Gasteiger charge is 2.46. The molecular formula is C23H23N5O4. The topological polar surface area (TPSA) is 125 Å². The summed E-state index contributed by atoms with van der Waals surface area (Å²) < 4.78 is 18.3. The predicted molar refractivity (Wildman–Crippen MR) is 113 cm³/mol. The number of benzene rings is 1. The third kappa shape index (κ3) is 3.52. The number of aromatic nitrogens is 3. The van der Waals surface area contributed by atoms with E-state index in [4.69, 9.17) is 19.9 Å². The Balaban J connectivity index is 1.18. The van der Waals surface area contributed by atoms with Crippen LogP contribution in [0.15, 0.2) is 48.8 Å². The van der Waals surface area contributed by atoms with Crippen LogP contribution in [0.2, 0.25) is 0 Å². The number of carbonyl (C=O) groups excluding carboxylic acids is 1. The zero-order valence-electron chi connectivity index (χ0n) is 17.4. The van der Waals surface area contributed by atoms with Crippen LogP contribution in [0, 0.1) is 11.3 Å². The van der Waals surface area contributed by atoms with Gasteiger partial charge >= 0.3 is 6.16 Å². The van der Waals surface area contributed by atoms with Gasteiger partial charge in [-0.25, -0.2) is 14.3 Å². The molecule has 3 aromatic rings. The van der Waals surface area contributed by atoms with Crippen LogP contribution in [0.3, 0.4) is 0 Å². The van der Waals surface area contributed by atoms with Gasteiger partial charge in [0.05, 0.1) is 11.8 Å². The number of nitrogens with two attached hydrogens (primary N) is 1. The van der Waals surface area contributed by atoms with Gasteiger partial charge in [-0.3, -0.25) is 0 Å². The van der Waals surface area contributed by atoms with Crippen molar-refractivity contribution >= 4 is 17.5 Å². The summed E-state index contributed by atoms with van der Waals surface area (Å²) in [6.07, 6.45) is 3.17. The van der Waals surface area contributed by atoms with E-state index in [0.29, 0.717) is 36.5 Å². The van der Waals surface area contributed by atoms with Gasteiger partial charge in [-0.05, 0) is 43.4 Å². The van der Waals surface area contributed by atoms with Crippen molar-refractivity contribution in [2.75, 3.05) is 18.9 Å². The van der Waals surface area contributed by atoms with Gasteiger partial charge in [0.1, 0.15) is 31.1 Å². The lowest BCUT2D eigenvalue weighted by Gasteiger charge is -2.21. The SMILES string of the molecule is N#C[C@]1(c2ccc3c(N)ncnn23)CC[C@@H](COC(=O)OCC2(c3ccccc3)CC2)O1. The molecule has 1 aliphatic heterocycles. The van der Waals surface area contributed by atoms with Gasteiger partial charge in [0.15, 0.2) is 11.4 Å². The molecule has 9 heteroatoms. The number of nitrogens with zero attached hydrogens (tertiary/aromatic N) is 4. The summed E-state index contributed by atoms with van der Waals surface area (Å²) in [5.74, 6) is 0.323. The van der Waals surface area contributed by atoms with Crippen molar-refractivity contribution in [2.24, 2.45) is 0 Å². The molecule has 2 aliphatic rings. The van der Waals surface area contributed by atoms with Crippen LogP contribution in [0.5, 0.6) is 0 Å². The van der Waals surface area contributed by atoms with E-state index in [1.54, 1.807) is 16.6 Å². The number of fused-ring (bicyclic) bond motifs is 1. The fourth-order valence-corrected chi connectivity index (χ4v) is 4.33. The maximum Gasteiger partial charge on any atom is 0.508 e. The van der Waals surface area contributed by atoms with Crippen molar-refractivity contribution in [3.8, 4) is 6.07 Å². The van der Waals surface area contributed by atoms with E-state index in [2.05, 4.69) is 28.3 Å². The molecule has 2 aromatic heterocycles. The number of hydrogen-bond donors (Lipinski definition) is 1. The van der Waals surface area contributed by atoms with Crippen molar-refractivity contribution in [3.63, 3.8) is 0 Å². The Hall–Kier alpha value is -3.64. The number of ether oxygens (including phenoxy) is 3. The maximum absolute atomic E-state index is 12.2. The maximum atomic E-state index is 12.2. The molecule has 0 unspecified atom stereocenters. The second kappa shape index (κ2) is 7.80. The second-order valence-electron chi connectivity index (χ2n) is 8.37. The van der Waals surface area contributed by atoms with Crippen LogP contribution in [-0.4, -0.2) is 40.1 Å². The first-order valence-electron chi connectivity index (χ1n) is 10.6. The number of nitriles is 1. The summed E-state index contributed by atoms with van der Waals surface area (Å²) in [7, 11) is 0. The molecule has 3 heterocycles. The Labute approximate surface area is 184 Å². The van der Waals surface area contributed by atoms with E-state index in [9.17, 15) is 10.1 Å². The molecule has 1 aliphatic carbocycles. The fraction of sp³-hybridized carbons (Fsp3) is 0.391. The van der Waals surface area contributed by atoms with Crippen LogP contribution < -0.4 is 5.73 Å². The smallest absolute Gasteiger partial charge is 0.433 e. The molecule has 0 spiro atoms. The van der Waals surface area contributed by atoms with E-state index < -0.39 is 17.9 Å². The van der Waals surface area contributed by atoms with Gasteiger partial charge in [-0.2, -0.15) is 10.4 Å². The number of anilines is 1. The Morgan fingerprint density at radius 2 is 2.03 bits per heavy atom. The standard InChI is InChI=1S/C23H23N5O4/c24-13-23(19-7-6-18-20(25)26-15-27-28(18)19)9-8-17(32-23)12-30-21(29)31-14-22(10-11-22)16-4-2-1-3-5-16/h1-7,15,17H,8-12,14H2,(H2,25,26,27)/t17-,23-/m0/s1. The van der Waals surface area contributed by atoms with Crippen molar-refractivity contribution < 1.29 is 19.0 Å². The van der Waals surface area contributed by atoms with Crippen molar-refractivity contribution in [1.82, 2.24) is 14.6 Å². The molecule has 2 atom stereocenters. The molecule has 0 radical (unpaired) electrons. The Kier molecular flexibility index (Phi) is 4.94. The highest BCUT2D eigenvalue weighted by atomic mass is 16.7. The zero-order valence-corrected chi connectivity index (χ0v) is 17.4. The Morgan fingerprint density at radius 3 is 2.78 bits per heavy atom. The molecule has 2 N–H and O–H groups in total. The number of hydrogen-bond acceptors (Lipinski definition) is 8. The van der Waals surface area contributed by atoms with Crippen LogP contribution in [-0.2, 0) is 25.2 Å². The molecule has 0 bridgehead atoms. The number of rotatable bonds is 6. The average molecular weight is 433 g/mol. The molecule has 1 aromatic carbocycles. The first-order valence-corrected chi connectivity index (χ1v) is 10.6. The van der Waals surface area contributed by atoms with Gasteiger partial charge in [-0.15, -0.1) is 0 Å². The van der Waals surface area contributed by atoms with Crippen molar-refractivity contribution in [2.45, 2.75) is 42.8 Å². The van der Waals surface area contributed by atoms with Gasteiger partial charge in [-0.1, -0.05) is 30.3 Å². The predicted octanol–water partition coefficient (Wildman–Crippen LogP) is 3.09. The number of nitrogen functional groups attached to an aromatic ring is 1. The van der Waals surface area contributed by atoms with Crippen LogP contribution in [0.4, 0.5) is 10.6 Å². The Morgan fingerprint density at radius 1 is 1.22 bits per heavy atom.